The van der Waals surface area contributed by atoms with E-state index in [1.54, 1.807) is 18.3 Å². The van der Waals surface area contributed by atoms with E-state index in [1.165, 1.54) is 6.07 Å². The average Bonchev–Trinajstić information content (AvgIpc) is 2.46. The third-order valence-electron chi connectivity index (χ3n) is 2.80. The Morgan fingerprint density at radius 1 is 1.37 bits per heavy atom. The number of aromatic nitrogens is 1. The van der Waals surface area contributed by atoms with Crippen LogP contribution in [-0.2, 0) is 0 Å². The summed E-state index contributed by atoms with van der Waals surface area (Å²) in [5, 5.41) is 9.86. The molecule has 0 aliphatic carbocycles. The van der Waals surface area contributed by atoms with Crippen molar-refractivity contribution < 1.29 is 31.1 Å². The summed E-state index contributed by atoms with van der Waals surface area (Å²) in [5.41, 5.74) is 2.75. The molecule has 0 unspecified atom stereocenters. The van der Waals surface area contributed by atoms with Crippen LogP contribution in [0.25, 0.3) is 17.2 Å². The molecule has 0 radical (unpaired) electrons. The number of carbonyl (C=O) groups is 1. The van der Waals surface area contributed by atoms with Gasteiger partial charge in [0.1, 0.15) is 0 Å². The molecule has 2 aromatic rings. The number of phenols is 1. The zero-order valence-corrected chi connectivity index (χ0v) is 12.6. The molecule has 1 N–H and O–H groups in total. The van der Waals surface area contributed by atoms with Gasteiger partial charge in [-0.25, -0.2) is 0 Å². The Bertz CT molecular complexity index is 638. The number of carbonyl (C=O) groups excluding carboxylic acids is 1. The molecule has 0 aliphatic rings. The molecule has 0 bridgehead atoms. The van der Waals surface area contributed by atoms with Gasteiger partial charge in [0, 0.05) is 0 Å². The first-order chi connectivity index (χ1) is 9.22. The minimum atomic E-state index is -0.227. The van der Waals surface area contributed by atoms with Crippen LogP contribution in [0.2, 0.25) is 0 Å². The van der Waals surface area contributed by atoms with Crippen LogP contribution in [0.5, 0.6) is 5.75 Å². The Morgan fingerprint density at radius 3 is 2.79 bits per heavy atom. The van der Waals surface area contributed by atoms with E-state index in [1.807, 2.05) is 12.1 Å². The summed E-state index contributed by atoms with van der Waals surface area (Å²) in [7, 11) is 0. The van der Waals surface area contributed by atoms with E-state index >= 15 is 0 Å². The van der Waals surface area contributed by atoms with E-state index in [2.05, 4.69) is 16.5 Å². The van der Waals surface area contributed by atoms with Crippen molar-refractivity contribution >= 4 is 12.4 Å². The van der Waals surface area contributed by atoms with Crippen molar-refractivity contribution in [3.63, 3.8) is 0 Å². The normalized spacial score (nSPS) is 10.4. The zero-order chi connectivity index (χ0) is 13.8. The number of hydrogen-bond acceptors (Lipinski definition) is 3. The second-order valence-electron chi connectivity index (χ2n) is 3.82. The summed E-state index contributed by atoms with van der Waals surface area (Å²) in [6.07, 6.45) is 4.12. The van der Waals surface area contributed by atoms with Crippen molar-refractivity contribution in [3.05, 3.63) is 51.9 Å². The third kappa shape index (κ3) is 2.53. The monoisotopic (exact) mass is 366 g/mol. The molecular formula is C15H13INO2-. The van der Waals surface area contributed by atoms with E-state index < -0.39 is 0 Å². The first-order valence-corrected chi connectivity index (χ1v) is 8.85. The van der Waals surface area contributed by atoms with Crippen LogP contribution in [-0.4, -0.2) is 21.3 Å². The molecule has 0 aliphatic heterocycles. The first kappa shape index (κ1) is 13.7. The number of halogens is 1. The minimum absolute atomic E-state index is 0.0142. The predicted octanol–water partition coefficient (Wildman–Crippen LogP) is -0.202. The van der Waals surface area contributed by atoms with E-state index in [9.17, 15) is 9.90 Å². The molecule has 1 aromatic heterocycles. The maximum absolute atomic E-state index is 11.3. The van der Waals surface area contributed by atoms with Crippen LogP contribution in [0.1, 0.15) is 15.9 Å². The van der Waals surface area contributed by atoms with Crippen LogP contribution >= 0.6 is 0 Å². The number of aldehydes is 1. The van der Waals surface area contributed by atoms with Crippen LogP contribution < -0.4 is 21.2 Å². The van der Waals surface area contributed by atoms with Crippen molar-refractivity contribution in [1.29, 1.82) is 0 Å². The fourth-order valence-corrected chi connectivity index (χ4v) is 3.41. The van der Waals surface area contributed by atoms with E-state index in [0.717, 1.165) is 20.4 Å². The molecule has 4 heteroatoms. The van der Waals surface area contributed by atoms with Crippen molar-refractivity contribution in [1.82, 2.24) is 4.98 Å². The topological polar surface area (TPSA) is 50.2 Å². The molecule has 0 saturated carbocycles. The second-order valence-corrected chi connectivity index (χ2v) is 5.92. The molecule has 0 saturated heterocycles. The summed E-state index contributed by atoms with van der Waals surface area (Å²) in [6, 6.07) is 7.04. The molecule has 1 aromatic carbocycles. The number of pyridine rings is 1. The molecule has 0 amide bonds. The third-order valence-corrected chi connectivity index (χ3v) is 4.68. The molecular weight excluding hydrogens is 353 g/mol. The number of rotatable bonds is 4. The van der Waals surface area contributed by atoms with Crippen molar-refractivity contribution in [3.8, 4) is 16.9 Å². The SMILES string of the molecule is C=Cc1ccc(O)c(C=O)c1-c1cccnc1[I-]C. The average molecular weight is 366 g/mol. The summed E-state index contributed by atoms with van der Waals surface area (Å²) < 4.78 is 0.998. The Kier molecular flexibility index (Phi) is 4.31. The Balaban J connectivity index is 2.83. The molecule has 2 rings (SSSR count). The number of alkyl halides is 1. The molecule has 98 valence electrons. The molecule has 19 heavy (non-hydrogen) atoms. The second kappa shape index (κ2) is 5.97. The first-order valence-electron chi connectivity index (χ1n) is 5.61. The summed E-state index contributed by atoms with van der Waals surface area (Å²) in [5.74, 6) is -0.0142. The van der Waals surface area contributed by atoms with E-state index in [-0.39, 0.29) is 27.0 Å². The maximum atomic E-state index is 11.3. The molecule has 0 spiro atoms. The quantitative estimate of drug-likeness (QED) is 0.353. The van der Waals surface area contributed by atoms with Gasteiger partial charge in [-0.2, -0.15) is 0 Å². The number of phenolic OH excluding ortho intramolecular Hbond substituents is 1. The summed E-state index contributed by atoms with van der Waals surface area (Å²) in [4.78, 5) is 17.8. The summed E-state index contributed by atoms with van der Waals surface area (Å²) >= 11 is -0.227. The van der Waals surface area contributed by atoms with Crippen molar-refractivity contribution in [2.24, 2.45) is 0 Å². The molecule has 0 atom stereocenters. The van der Waals surface area contributed by atoms with E-state index in [0.29, 0.717) is 11.8 Å². The molecule has 3 nitrogen and oxygen atoms in total. The van der Waals surface area contributed by atoms with Gasteiger partial charge in [-0.05, 0) is 0 Å². The standard InChI is InChI=1S/C15H13INO2/c1-3-10-6-7-13(19)12(9-18)14(10)11-5-4-8-17-15(11)16-2/h3-9,19H,1H2,2H3/q-1. The van der Waals surface area contributed by atoms with Crippen LogP contribution in [0.4, 0.5) is 0 Å². The predicted molar refractivity (Wildman–Crippen MR) is 71.4 cm³/mol. The van der Waals surface area contributed by atoms with Gasteiger partial charge in [-0.3, -0.25) is 0 Å². The van der Waals surface area contributed by atoms with Crippen LogP contribution in [0.15, 0.2) is 37.0 Å². The Labute approximate surface area is 122 Å². The van der Waals surface area contributed by atoms with Gasteiger partial charge in [0.2, 0.25) is 0 Å². The van der Waals surface area contributed by atoms with Gasteiger partial charge >= 0.3 is 122 Å². The molecule has 0 fully saturated rings. The van der Waals surface area contributed by atoms with Gasteiger partial charge in [0.25, 0.3) is 0 Å². The van der Waals surface area contributed by atoms with E-state index in [4.69, 9.17) is 0 Å². The zero-order valence-electron chi connectivity index (χ0n) is 10.4. The van der Waals surface area contributed by atoms with Crippen molar-refractivity contribution in [2.45, 2.75) is 0 Å². The fourth-order valence-electron chi connectivity index (χ4n) is 1.94. The fraction of sp³-hybridized carbons (Fsp3) is 0.0667. The van der Waals surface area contributed by atoms with Crippen LogP contribution in [0, 0.1) is 3.70 Å². The Hall–Kier alpha value is -1.69. The Morgan fingerprint density at radius 2 is 2.16 bits per heavy atom. The van der Waals surface area contributed by atoms with Gasteiger partial charge in [0.15, 0.2) is 0 Å². The van der Waals surface area contributed by atoms with Crippen molar-refractivity contribution in [2.75, 3.05) is 4.93 Å². The van der Waals surface area contributed by atoms with Gasteiger partial charge in [-0.15, -0.1) is 0 Å². The van der Waals surface area contributed by atoms with Crippen LogP contribution in [0.3, 0.4) is 0 Å². The molecule has 1 heterocycles. The van der Waals surface area contributed by atoms with Gasteiger partial charge in [-0.1, -0.05) is 0 Å². The van der Waals surface area contributed by atoms with Gasteiger partial charge < -0.3 is 0 Å². The van der Waals surface area contributed by atoms with Gasteiger partial charge in [0.05, 0.1) is 0 Å². The number of hydrogen-bond donors (Lipinski definition) is 1. The number of nitrogens with zero attached hydrogens (tertiary/aromatic N) is 1. The summed E-state index contributed by atoms with van der Waals surface area (Å²) in [6.45, 7) is 3.77. The number of aromatic hydroxyl groups is 1. The number of benzene rings is 1.